The zero-order valence-electron chi connectivity index (χ0n) is 13.5. The van der Waals surface area contributed by atoms with Gasteiger partial charge in [0, 0.05) is 35.7 Å². The lowest BCUT2D eigenvalue weighted by Crippen LogP contribution is -2.35. The molecule has 0 spiro atoms. The standard InChI is InChI=1S/C19H18ClN3O2/c20-14-6-8-15(9-7-14)22-18(25)11-10-17(24)19-16(12-21-23-19)13-4-2-1-3-5-13/h1-9,12,16,19,23H,10-11H2,(H,22,25)/t16-,19+/m0/s1. The number of ketones is 1. The van der Waals surface area contributed by atoms with Gasteiger partial charge in [0.05, 0.1) is 0 Å². The minimum atomic E-state index is -0.425. The quantitative estimate of drug-likeness (QED) is 0.834. The van der Waals surface area contributed by atoms with E-state index < -0.39 is 6.04 Å². The third kappa shape index (κ3) is 4.45. The number of carbonyl (C=O) groups is 2. The number of hydrogen-bond acceptors (Lipinski definition) is 4. The first-order valence-electron chi connectivity index (χ1n) is 8.05. The van der Waals surface area contributed by atoms with Gasteiger partial charge in [-0.25, -0.2) is 0 Å². The van der Waals surface area contributed by atoms with Gasteiger partial charge in [-0.2, -0.15) is 5.10 Å². The second-order valence-corrected chi connectivity index (χ2v) is 6.28. The number of hydrazone groups is 1. The Labute approximate surface area is 151 Å². The predicted molar refractivity (Wildman–Crippen MR) is 98.9 cm³/mol. The van der Waals surface area contributed by atoms with Crippen molar-refractivity contribution in [2.75, 3.05) is 5.32 Å². The predicted octanol–water partition coefficient (Wildman–Crippen LogP) is 3.37. The highest BCUT2D eigenvalue weighted by molar-refractivity contribution is 6.30. The van der Waals surface area contributed by atoms with Crippen molar-refractivity contribution in [2.24, 2.45) is 5.10 Å². The Balaban J connectivity index is 1.53. The Morgan fingerprint density at radius 1 is 1.04 bits per heavy atom. The van der Waals surface area contributed by atoms with E-state index in [9.17, 15) is 9.59 Å². The summed E-state index contributed by atoms with van der Waals surface area (Å²) in [4.78, 5) is 24.5. The highest BCUT2D eigenvalue weighted by atomic mass is 35.5. The number of nitrogens with zero attached hydrogens (tertiary/aromatic N) is 1. The lowest BCUT2D eigenvalue weighted by molar-refractivity contribution is -0.124. The molecule has 2 aromatic rings. The van der Waals surface area contributed by atoms with Crippen molar-refractivity contribution in [1.82, 2.24) is 5.43 Å². The number of halogens is 1. The summed E-state index contributed by atoms with van der Waals surface area (Å²) in [5, 5.41) is 7.40. The second kappa shape index (κ2) is 7.94. The van der Waals surface area contributed by atoms with E-state index in [0.29, 0.717) is 10.7 Å². The molecule has 2 atom stereocenters. The topological polar surface area (TPSA) is 70.6 Å². The van der Waals surface area contributed by atoms with Gasteiger partial charge in [0.25, 0.3) is 0 Å². The summed E-state index contributed by atoms with van der Waals surface area (Å²) in [5.74, 6) is -0.337. The summed E-state index contributed by atoms with van der Waals surface area (Å²) in [5.41, 5.74) is 4.54. The monoisotopic (exact) mass is 355 g/mol. The Hall–Kier alpha value is -2.66. The molecule has 1 amide bonds. The van der Waals surface area contributed by atoms with Crippen LogP contribution in [-0.4, -0.2) is 23.9 Å². The van der Waals surface area contributed by atoms with Gasteiger partial charge in [0.15, 0.2) is 5.78 Å². The number of hydrogen-bond donors (Lipinski definition) is 2. The number of nitrogens with one attached hydrogen (secondary N) is 2. The Morgan fingerprint density at radius 2 is 1.76 bits per heavy atom. The fourth-order valence-corrected chi connectivity index (χ4v) is 2.87. The van der Waals surface area contributed by atoms with Crippen molar-refractivity contribution in [3.05, 3.63) is 65.2 Å². The molecule has 1 aliphatic rings. The highest BCUT2D eigenvalue weighted by Gasteiger charge is 2.31. The number of amides is 1. The van der Waals surface area contributed by atoms with Crippen molar-refractivity contribution in [3.8, 4) is 0 Å². The summed E-state index contributed by atoms with van der Waals surface area (Å²) < 4.78 is 0. The molecular formula is C19H18ClN3O2. The first-order chi connectivity index (χ1) is 12.1. The molecule has 0 unspecified atom stereocenters. The molecule has 0 saturated heterocycles. The van der Waals surface area contributed by atoms with Crippen LogP contribution in [0.15, 0.2) is 59.7 Å². The van der Waals surface area contributed by atoms with E-state index in [1.54, 1.807) is 30.5 Å². The second-order valence-electron chi connectivity index (χ2n) is 5.84. The highest BCUT2D eigenvalue weighted by Crippen LogP contribution is 2.23. The fraction of sp³-hybridized carbons (Fsp3) is 0.211. The number of anilines is 1. The van der Waals surface area contributed by atoms with Crippen molar-refractivity contribution in [3.63, 3.8) is 0 Å². The Morgan fingerprint density at radius 3 is 2.48 bits per heavy atom. The van der Waals surface area contributed by atoms with Gasteiger partial charge in [-0.3, -0.25) is 15.0 Å². The lowest BCUT2D eigenvalue weighted by Gasteiger charge is -2.17. The normalized spacial score (nSPS) is 18.6. The van der Waals surface area contributed by atoms with Crippen molar-refractivity contribution in [1.29, 1.82) is 0 Å². The maximum Gasteiger partial charge on any atom is 0.224 e. The van der Waals surface area contributed by atoms with Crippen LogP contribution in [0, 0.1) is 0 Å². The van der Waals surface area contributed by atoms with E-state index in [1.165, 1.54) is 0 Å². The molecule has 6 heteroatoms. The lowest BCUT2D eigenvalue weighted by atomic mass is 9.90. The SMILES string of the molecule is O=C(CCC(=O)[C@@H]1NN=C[C@H]1c1ccccc1)Nc1ccc(Cl)cc1. The van der Waals surface area contributed by atoms with Gasteiger partial charge in [0.2, 0.25) is 5.91 Å². The molecule has 0 saturated carbocycles. The van der Waals surface area contributed by atoms with Gasteiger partial charge in [-0.05, 0) is 29.8 Å². The third-order valence-electron chi connectivity index (χ3n) is 4.07. The van der Waals surface area contributed by atoms with Gasteiger partial charge in [-0.1, -0.05) is 41.9 Å². The third-order valence-corrected chi connectivity index (χ3v) is 4.32. The largest absolute Gasteiger partial charge is 0.326 e. The van der Waals surface area contributed by atoms with Gasteiger partial charge >= 0.3 is 0 Å². The van der Waals surface area contributed by atoms with Crippen molar-refractivity contribution in [2.45, 2.75) is 24.8 Å². The average Bonchev–Trinajstić information content (AvgIpc) is 3.12. The summed E-state index contributed by atoms with van der Waals surface area (Å²) in [7, 11) is 0. The molecule has 5 nitrogen and oxygen atoms in total. The molecule has 2 aromatic carbocycles. The number of benzene rings is 2. The average molecular weight is 356 g/mol. The van der Waals surface area contributed by atoms with E-state index in [0.717, 1.165) is 5.56 Å². The van der Waals surface area contributed by atoms with Crippen molar-refractivity contribution >= 4 is 35.2 Å². The smallest absolute Gasteiger partial charge is 0.224 e. The molecule has 0 radical (unpaired) electrons. The van der Waals surface area contributed by atoms with Crippen LogP contribution >= 0.6 is 11.6 Å². The molecule has 128 valence electrons. The fourth-order valence-electron chi connectivity index (χ4n) is 2.74. The van der Waals surface area contributed by atoms with Crippen LogP contribution in [0.5, 0.6) is 0 Å². The van der Waals surface area contributed by atoms with Gasteiger partial charge < -0.3 is 5.32 Å². The molecule has 1 heterocycles. The van der Waals surface area contributed by atoms with Crippen LogP contribution in [0.1, 0.15) is 24.3 Å². The zero-order valence-corrected chi connectivity index (χ0v) is 14.2. The van der Waals surface area contributed by atoms with Gasteiger partial charge in [0.1, 0.15) is 6.04 Å². The molecule has 0 fully saturated rings. The summed E-state index contributed by atoms with van der Waals surface area (Å²) in [6, 6.07) is 16.2. The number of Topliss-reactive ketones (excluding diaryl/α,β-unsaturated/α-hetero) is 1. The summed E-state index contributed by atoms with van der Waals surface area (Å²) in [6.45, 7) is 0. The first-order valence-corrected chi connectivity index (χ1v) is 8.43. The Bertz CT molecular complexity index is 775. The van der Waals surface area contributed by atoms with Crippen LogP contribution in [0.25, 0.3) is 0 Å². The Kier molecular flexibility index (Phi) is 5.46. The molecule has 3 rings (SSSR count). The van der Waals surface area contributed by atoms with E-state index in [-0.39, 0.29) is 30.4 Å². The van der Waals surface area contributed by atoms with Crippen molar-refractivity contribution < 1.29 is 9.59 Å². The molecule has 2 N–H and O–H groups in total. The first kappa shape index (κ1) is 17.2. The summed E-state index contributed by atoms with van der Waals surface area (Å²) in [6.07, 6.45) is 2.02. The van der Waals surface area contributed by atoms with E-state index in [1.807, 2.05) is 30.3 Å². The van der Waals surface area contributed by atoms with Crippen LogP contribution in [0.3, 0.4) is 0 Å². The molecular weight excluding hydrogens is 338 g/mol. The van der Waals surface area contributed by atoms with Crippen LogP contribution in [0.4, 0.5) is 5.69 Å². The minimum Gasteiger partial charge on any atom is -0.326 e. The van der Waals surface area contributed by atoms with E-state index >= 15 is 0 Å². The van der Waals surface area contributed by atoms with Crippen LogP contribution < -0.4 is 10.7 Å². The molecule has 25 heavy (non-hydrogen) atoms. The molecule has 0 aliphatic carbocycles. The summed E-state index contributed by atoms with van der Waals surface area (Å²) >= 11 is 5.81. The zero-order chi connectivity index (χ0) is 17.6. The maximum atomic E-state index is 12.5. The maximum absolute atomic E-state index is 12.5. The molecule has 0 aromatic heterocycles. The number of rotatable bonds is 6. The number of carbonyl (C=O) groups excluding carboxylic acids is 2. The van der Waals surface area contributed by atoms with E-state index in [4.69, 9.17) is 11.6 Å². The van der Waals surface area contributed by atoms with Crippen LogP contribution in [0.2, 0.25) is 5.02 Å². The minimum absolute atomic E-state index is 0.0300. The molecule has 1 aliphatic heterocycles. The van der Waals surface area contributed by atoms with Crippen LogP contribution in [-0.2, 0) is 9.59 Å². The molecule has 0 bridgehead atoms. The van der Waals surface area contributed by atoms with E-state index in [2.05, 4.69) is 15.8 Å². The van der Waals surface area contributed by atoms with Gasteiger partial charge in [-0.15, -0.1) is 0 Å².